The van der Waals surface area contributed by atoms with Gasteiger partial charge in [-0.2, -0.15) is 4.98 Å². The van der Waals surface area contributed by atoms with Gasteiger partial charge in [-0.1, -0.05) is 19.0 Å². The van der Waals surface area contributed by atoms with Crippen LogP contribution < -0.4 is 5.32 Å². The van der Waals surface area contributed by atoms with Gasteiger partial charge < -0.3 is 14.9 Å². The van der Waals surface area contributed by atoms with Gasteiger partial charge in [0.05, 0.1) is 6.61 Å². The van der Waals surface area contributed by atoms with Gasteiger partial charge in [0.2, 0.25) is 11.8 Å². The number of aliphatic hydroxyl groups is 1. The highest BCUT2D eigenvalue weighted by molar-refractivity contribution is 5.75. The fourth-order valence-electron chi connectivity index (χ4n) is 1.95. The number of hydrogen-bond acceptors (Lipinski definition) is 5. The molecule has 6 heteroatoms. The van der Waals surface area contributed by atoms with Gasteiger partial charge in [0.1, 0.15) is 0 Å². The summed E-state index contributed by atoms with van der Waals surface area (Å²) in [7, 11) is 0. The van der Waals surface area contributed by atoms with Crippen LogP contribution in [-0.4, -0.2) is 34.3 Å². The second-order valence-electron chi connectivity index (χ2n) is 5.99. The van der Waals surface area contributed by atoms with Gasteiger partial charge in [-0.3, -0.25) is 4.79 Å². The first-order valence-corrected chi connectivity index (χ1v) is 7.25. The van der Waals surface area contributed by atoms with E-state index in [4.69, 9.17) is 9.63 Å². The Bertz CT molecular complexity index is 452. The van der Waals surface area contributed by atoms with Crippen molar-refractivity contribution in [1.29, 1.82) is 0 Å². The van der Waals surface area contributed by atoms with Crippen LogP contribution in [0.25, 0.3) is 0 Å². The summed E-state index contributed by atoms with van der Waals surface area (Å²) in [5.41, 5.74) is -0.0334. The number of nitrogens with zero attached hydrogens (tertiary/aromatic N) is 2. The molecule has 1 aliphatic carbocycles. The fraction of sp³-hybridized carbons (Fsp3) is 0.786. The predicted octanol–water partition coefficient (Wildman–Crippen LogP) is 1.40. The van der Waals surface area contributed by atoms with Crippen LogP contribution in [-0.2, 0) is 11.2 Å². The molecule has 0 bridgehead atoms. The number of aryl methyl sites for hydroxylation is 1. The third kappa shape index (κ3) is 4.03. The van der Waals surface area contributed by atoms with Gasteiger partial charge in [-0.25, -0.2) is 0 Å². The minimum atomic E-state index is -0.0334. The number of carbonyl (C=O) groups excluding carboxylic acids is 1. The summed E-state index contributed by atoms with van der Waals surface area (Å²) in [4.78, 5) is 16.0. The average molecular weight is 281 g/mol. The van der Waals surface area contributed by atoms with E-state index < -0.39 is 0 Å². The Labute approximate surface area is 118 Å². The zero-order chi connectivity index (χ0) is 14.6. The Morgan fingerprint density at radius 3 is 2.80 bits per heavy atom. The molecule has 2 rings (SSSR count). The van der Waals surface area contributed by atoms with E-state index in [-0.39, 0.29) is 23.8 Å². The molecule has 1 aromatic heterocycles. The molecule has 0 unspecified atom stereocenters. The molecule has 0 saturated heterocycles. The van der Waals surface area contributed by atoms with Crippen molar-refractivity contribution in [2.24, 2.45) is 5.41 Å². The normalized spacial score (nSPS) is 16.4. The van der Waals surface area contributed by atoms with Crippen LogP contribution in [0.2, 0.25) is 0 Å². The Balaban J connectivity index is 1.63. The van der Waals surface area contributed by atoms with Gasteiger partial charge in [0.15, 0.2) is 5.82 Å². The minimum absolute atomic E-state index is 0.0216. The highest BCUT2D eigenvalue weighted by Crippen LogP contribution is 2.44. The number of rotatable bonds is 8. The zero-order valence-corrected chi connectivity index (χ0v) is 12.2. The van der Waals surface area contributed by atoms with Crippen molar-refractivity contribution in [3.63, 3.8) is 0 Å². The molecule has 0 aromatic carbocycles. The highest BCUT2D eigenvalue weighted by atomic mass is 16.5. The van der Waals surface area contributed by atoms with Crippen LogP contribution in [0.4, 0.5) is 0 Å². The number of aliphatic hydroxyl groups excluding tert-OH is 1. The van der Waals surface area contributed by atoms with Crippen molar-refractivity contribution in [2.75, 3.05) is 13.2 Å². The molecule has 1 fully saturated rings. The summed E-state index contributed by atoms with van der Waals surface area (Å²) in [6, 6.07) is 0. The van der Waals surface area contributed by atoms with Gasteiger partial charge >= 0.3 is 0 Å². The SMILES string of the molecule is CC(C)c1noc(CCCC(=O)NCC2(CO)CC2)n1. The monoisotopic (exact) mass is 281 g/mol. The molecule has 0 aliphatic heterocycles. The Morgan fingerprint density at radius 2 is 2.25 bits per heavy atom. The largest absolute Gasteiger partial charge is 0.396 e. The third-order valence-electron chi connectivity index (χ3n) is 3.75. The van der Waals surface area contributed by atoms with Crippen molar-refractivity contribution in [3.8, 4) is 0 Å². The summed E-state index contributed by atoms with van der Waals surface area (Å²) in [6.45, 7) is 4.77. The van der Waals surface area contributed by atoms with E-state index in [0.717, 1.165) is 12.8 Å². The van der Waals surface area contributed by atoms with Gasteiger partial charge in [0.25, 0.3) is 0 Å². The fourth-order valence-corrected chi connectivity index (χ4v) is 1.95. The van der Waals surface area contributed by atoms with E-state index in [1.54, 1.807) is 0 Å². The molecular weight excluding hydrogens is 258 g/mol. The highest BCUT2D eigenvalue weighted by Gasteiger charge is 2.41. The number of amides is 1. The van der Waals surface area contributed by atoms with Crippen LogP contribution in [0.5, 0.6) is 0 Å². The summed E-state index contributed by atoms with van der Waals surface area (Å²) in [6.07, 6.45) is 3.77. The number of aromatic nitrogens is 2. The second kappa shape index (κ2) is 6.35. The van der Waals surface area contributed by atoms with Crippen molar-refractivity contribution < 1.29 is 14.4 Å². The molecule has 1 aliphatic rings. The number of hydrogen-bond donors (Lipinski definition) is 2. The third-order valence-corrected chi connectivity index (χ3v) is 3.75. The molecule has 0 radical (unpaired) electrons. The van der Waals surface area contributed by atoms with Gasteiger partial charge in [-0.05, 0) is 19.3 Å². The maximum Gasteiger partial charge on any atom is 0.226 e. The van der Waals surface area contributed by atoms with E-state index in [9.17, 15) is 4.79 Å². The topological polar surface area (TPSA) is 88.2 Å². The molecular formula is C14H23N3O3. The Hall–Kier alpha value is -1.43. The van der Waals surface area contributed by atoms with E-state index in [2.05, 4.69) is 15.5 Å². The van der Waals surface area contributed by atoms with Crippen molar-refractivity contribution in [1.82, 2.24) is 15.5 Å². The zero-order valence-electron chi connectivity index (χ0n) is 12.2. The molecule has 0 spiro atoms. The molecule has 20 heavy (non-hydrogen) atoms. The lowest BCUT2D eigenvalue weighted by atomic mass is 10.1. The molecule has 2 N–H and O–H groups in total. The Kier molecular flexibility index (Phi) is 4.75. The molecule has 1 saturated carbocycles. The standard InChI is InChI=1S/C14H23N3O3/c1-10(2)13-16-12(20-17-13)5-3-4-11(19)15-8-14(9-18)6-7-14/h10,18H,3-9H2,1-2H3,(H,15,19). The molecule has 6 nitrogen and oxygen atoms in total. The van der Waals surface area contributed by atoms with Crippen LogP contribution in [0, 0.1) is 5.41 Å². The van der Waals surface area contributed by atoms with Crippen LogP contribution in [0.1, 0.15) is 57.2 Å². The minimum Gasteiger partial charge on any atom is -0.396 e. The van der Waals surface area contributed by atoms with E-state index in [0.29, 0.717) is 37.5 Å². The van der Waals surface area contributed by atoms with Crippen LogP contribution in [0.15, 0.2) is 4.52 Å². The van der Waals surface area contributed by atoms with Crippen LogP contribution >= 0.6 is 0 Å². The van der Waals surface area contributed by atoms with Crippen LogP contribution in [0.3, 0.4) is 0 Å². The summed E-state index contributed by atoms with van der Waals surface area (Å²) in [5.74, 6) is 1.58. The Morgan fingerprint density at radius 1 is 1.50 bits per heavy atom. The smallest absolute Gasteiger partial charge is 0.226 e. The summed E-state index contributed by atoms with van der Waals surface area (Å²) >= 11 is 0. The summed E-state index contributed by atoms with van der Waals surface area (Å²) in [5, 5.41) is 15.9. The van der Waals surface area contributed by atoms with E-state index in [1.807, 2.05) is 13.8 Å². The van der Waals surface area contributed by atoms with Gasteiger partial charge in [-0.15, -0.1) is 0 Å². The number of nitrogens with one attached hydrogen (secondary N) is 1. The van der Waals surface area contributed by atoms with E-state index >= 15 is 0 Å². The van der Waals surface area contributed by atoms with Crippen molar-refractivity contribution in [2.45, 2.75) is 51.9 Å². The summed E-state index contributed by atoms with van der Waals surface area (Å²) < 4.78 is 5.12. The lowest BCUT2D eigenvalue weighted by molar-refractivity contribution is -0.121. The second-order valence-corrected chi connectivity index (χ2v) is 5.99. The van der Waals surface area contributed by atoms with E-state index in [1.165, 1.54) is 0 Å². The first-order valence-electron chi connectivity index (χ1n) is 7.25. The first-order chi connectivity index (χ1) is 9.54. The van der Waals surface area contributed by atoms with Crippen molar-refractivity contribution in [3.05, 3.63) is 11.7 Å². The molecule has 1 amide bonds. The van der Waals surface area contributed by atoms with Gasteiger partial charge in [0, 0.05) is 30.7 Å². The van der Waals surface area contributed by atoms with Crippen molar-refractivity contribution >= 4 is 5.91 Å². The maximum absolute atomic E-state index is 11.7. The molecule has 1 heterocycles. The lowest BCUT2D eigenvalue weighted by Crippen LogP contribution is -2.31. The predicted molar refractivity (Wildman–Crippen MR) is 73.1 cm³/mol. The first kappa shape index (κ1) is 15.0. The maximum atomic E-state index is 11.7. The number of carbonyl (C=O) groups is 1. The quantitative estimate of drug-likeness (QED) is 0.752. The molecule has 1 aromatic rings. The molecule has 112 valence electrons. The average Bonchev–Trinajstić information content (AvgIpc) is 3.06. The lowest BCUT2D eigenvalue weighted by Gasteiger charge is -2.12. The molecule has 0 atom stereocenters.